The summed E-state index contributed by atoms with van der Waals surface area (Å²) < 4.78 is 0. The zero-order valence-electron chi connectivity index (χ0n) is 14.9. The summed E-state index contributed by atoms with van der Waals surface area (Å²) in [6, 6.07) is 2.29. The molecule has 0 aromatic carbocycles. The SMILES string of the molecule is CC1CCC(O)CC1CCC1CCCC2(C)C(=CC#N)CCC12. The minimum absolute atomic E-state index is 0.0514. The van der Waals surface area contributed by atoms with Gasteiger partial charge in [0.1, 0.15) is 0 Å². The highest BCUT2D eigenvalue weighted by Crippen LogP contribution is 2.58. The van der Waals surface area contributed by atoms with Gasteiger partial charge in [0.15, 0.2) is 0 Å². The molecule has 0 aliphatic heterocycles. The van der Waals surface area contributed by atoms with Gasteiger partial charge in [-0.2, -0.15) is 5.26 Å². The third-order valence-electron chi connectivity index (χ3n) is 7.60. The number of nitriles is 1. The van der Waals surface area contributed by atoms with E-state index in [1.54, 1.807) is 0 Å². The lowest BCUT2D eigenvalue weighted by Gasteiger charge is -2.43. The molecule has 3 aliphatic rings. The van der Waals surface area contributed by atoms with Crippen LogP contribution in [0.25, 0.3) is 0 Å². The number of allylic oxidation sites excluding steroid dienone is 2. The second-order valence-electron chi connectivity index (χ2n) is 8.80. The summed E-state index contributed by atoms with van der Waals surface area (Å²) in [6.45, 7) is 4.80. The van der Waals surface area contributed by atoms with Gasteiger partial charge in [-0.3, -0.25) is 0 Å². The Morgan fingerprint density at radius 3 is 2.78 bits per heavy atom. The third-order valence-corrected chi connectivity index (χ3v) is 7.60. The first kappa shape index (κ1) is 17.0. The van der Waals surface area contributed by atoms with Crippen LogP contribution in [0.4, 0.5) is 0 Å². The average Bonchev–Trinajstić information content (AvgIpc) is 2.86. The van der Waals surface area contributed by atoms with Crippen LogP contribution in [-0.2, 0) is 0 Å². The van der Waals surface area contributed by atoms with E-state index < -0.39 is 0 Å². The number of hydrogen-bond acceptors (Lipinski definition) is 2. The van der Waals surface area contributed by atoms with Crippen molar-refractivity contribution >= 4 is 0 Å². The van der Waals surface area contributed by atoms with Crippen LogP contribution >= 0.6 is 0 Å². The van der Waals surface area contributed by atoms with Crippen molar-refractivity contribution in [2.45, 2.75) is 84.2 Å². The largest absolute Gasteiger partial charge is 0.393 e. The molecule has 23 heavy (non-hydrogen) atoms. The Morgan fingerprint density at radius 1 is 1.22 bits per heavy atom. The number of nitrogens with zero attached hydrogens (tertiary/aromatic N) is 1. The highest BCUT2D eigenvalue weighted by molar-refractivity contribution is 5.27. The first-order valence-corrected chi connectivity index (χ1v) is 9.81. The molecule has 0 spiro atoms. The number of fused-ring (bicyclic) bond motifs is 1. The van der Waals surface area contributed by atoms with Gasteiger partial charge in [0.25, 0.3) is 0 Å². The van der Waals surface area contributed by atoms with E-state index in [1.165, 1.54) is 50.5 Å². The molecule has 0 amide bonds. The second-order valence-corrected chi connectivity index (χ2v) is 8.80. The highest BCUT2D eigenvalue weighted by atomic mass is 16.3. The number of aliphatic hydroxyl groups is 1. The Labute approximate surface area is 142 Å². The van der Waals surface area contributed by atoms with Gasteiger partial charge in [-0.05, 0) is 80.5 Å². The average molecular weight is 316 g/mol. The van der Waals surface area contributed by atoms with Crippen molar-refractivity contribution in [3.05, 3.63) is 11.6 Å². The minimum atomic E-state index is -0.0514. The fraction of sp³-hybridized carbons (Fsp3) is 0.857. The summed E-state index contributed by atoms with van der Waals surface area (Å²) >= 11 is 0. The first-order valence-electron chi connectivity index (χ1n) is 9.81. The van der Waals surface area contributed by atoms with Crippen LogP contribution in [0.1, 0.15) is 78.1 Å². The van der Waals surface area contributed by atoms with Crippen molar-refractivity contribution in [3.63, 3.8) is 0 Å². The summed E-state index contributed by atoms with van der Waals surface area (Å²) in [6.07, 6.45) is 14.1. The zero-order valence-corrected chi connectivity index (χ0v) is 14.9. The van der Waals surface area contributed by atoms with Gasteiger partial charge in [0.05, 0.1) is 12.2 Å². The van der Waals surface area contributed by atoms with E-state index in [0.29, 0.717) is 5.41 Å². The predicted molar refractivity (Wildman–Crippen MR) is 93.6 cm³/mol. The first-order chi connectivity index (χ1) is 11.0. The maximum Gasteiger partial charge on any atom is 0.0911 e. The Bertz CT molecular complexity index is 491. The molecule has 3 rings (SSSR count). The highest BCUT2D eigenvalue weighted by Gasteiger charge is 2.48. The fourth-order valence-corrected chi connectivity index (χ4v) is 6.07. The van der Waals surface area contributed by atoms with E-state index in [0.717, 1.165) is 42.9 Å². The lowest BCUT2D eigenvalue weighted by Crippen LogP contribution is -2.34. The van der Waals surface area contributed by atoms with Crippen molar-refractivity contribution in [1.82, 2.24) is 0 Å². The van der Waals surface area contributed by atoms with Gasteiger partial charge in [0.2, 0.25) is 0 Å². The Morgan fingerprint density at radius 2 is 2.00 bits per heavy atom. The fourth-order valence-electron chi connectivity index (χ4n) is 6.07. The van der Waals surface area contributed by atoms with Crippen LogP contribution in [0.2, 0.25) is 0 Å². The van der Waals surface area contributed by atoms with Crippen LogP contribution in [0, 0.1) is 40.4 Å². The van der Waals surface area contributed by atoms with Gasteiger partial charge in [-0.1, -0.05) is 32.3 Å². The number of aliphatic hydroxyl groups excluding tert-OH is 1. The van der Waals surface area contributed by atoms with Crippen LogP contribution < -0.4 is 0 Å². The van der Waals surface area contributed by atoms with Crippen molar-refractivity contribution in [2.75, 3.05) is 0 Å². The van der Waals surface area contributed by atoms with E-state index >= 15 is 0 Å². The van der Waals surface area contributed by atoms with Gasteiger partial charge >= 0.3 is 0 Å². The molecular formula is C21H33NO. The Kier molecular flexibility index (Phi) is 5.16. The van der Waals surface area contributed by atoms with Crippen molar-refractivity contribution < 1.29 is 5.11 Å². The minimum Gasteiger partial charge on any atom is -0.393 e. The second kappa shape index (κ2) is 6.98. The molecule has 0 saturated heterocycles. The summed E-state index contributed by atoms with van der Waals surface area (Å²) in [5, 5.41) is 19.1. The van der Waals surface area contributed by atoms with E-state index in [1.807, 2.05) is 6.08 Å². The summed E-state index contributed by atoms with van der Waals surface area (Å²) in [4.78, 5) is 0. The molecule has 0 heterocycles. The Balaban J connectivity index is 1.63. The van der Waals surface area contributed by atoms with Crippen molar-refractivity contribution in [1.29, 1.82) is 5.26 Å². The Hall–Kier alpha value is -0.810. The van der Waals surface area contributed by atoms with E-state index in [-0.39, 0.29) is 6.10 Å². The molecule has 6 unspecified atom stereocenters. The zero-order chi connectivity index (χ0) is 16.4. The van der Waals surface area contributed by atoms with Crippen molar-refractivity contribution in [3.8, 4) is 6.07 Å². The van der Waals surface area contributed by atoms with E-state index in [2.05, 4.69) is 19.9 Å². The van der Waals surface area contributed by atoms with Gasteiger partial charge in [0, 0.05) is 6.08 Å². The van der Waals surface area contributed by atoms with Gasteiger partial charge in [-0.25, -0.2) is 0 Å². The quantitative estimate of drug-likeness (QED) is 0.725. The van der Waals surface area contributed by atoms with Crippen LogP contribution in [0.3, 0.4) is 0 Å². The van der Waals surface area contributed by atoms with Crippen LogP contribution in [-0.4, -0.2) is 11.2 Å². The number of rotatable bonds is 3. The van der Waals surface area contributed by atoms with Crippen LogP contribution in [0.15, 0.2) is 11.6 Å². The molecule has 1 N–H and O–H groups in total. The molecular weight excluding hydrogens is 282 g/mol. The molecule has 2 nitrogen and oxygen atoms in total. The summed E-state index contributed by atoms with van der Waals surface area (Å²) in [7, 11) is 0. The van der Waals surface area contributed by atoms with Gasteiger partial charge < -0.3 is 5.11 Å². The molecule has 0 aromatic heterocycles. The molecule has 0 bridgehead atoms. The summed E-state index contributed by atoms with van der Waals surface area (Å²) in [5.74, 6) is 3.14. The number of hydrogen-bond donors (Lipinski definition) is 1. The topological polar surface area (TPSA) is 44.0 Å². The van der Waals surface area contributed by atoms with E-state index in [4.69, 9.17) is 5.26 Å². The van der Waals surface area contributed by atoms with Gasteiger partial charge in [-0.15, -0.1) is 0 Å². The molecule has 3 aliphatic carbocycles. The molecule has 128 valence electrons. The normalized spacial score (nSPS) is 45.7. The molecule has 0 radical (unpaired) electrons. The monoisotopic (exact) mass is 315 g/mol. The standard InChI is InChI=1S/C21H33NO/c1-15-5-9-19(23)14-17(15)7-6-16-4-3-12-21(2)18(11-13-22)8-10-20(16)21/h11,15-17,19-20,23H,3-10,12,14H2,1-2H3. The lowest BCUT2D eigenvalue weighted by atomic mass is 9.61. The molecule has 6 atom stereocenters. The third kappa shape index (κ3) is 3.36. The molecule has 0 aromatic rings. The van der Waals surface area contributed by atoms with E-state index in [9.17, 15) is 5.11 Å². The molecule has 3 fully saturated rings. The smallest absolute Gasteiger partial charge is 0.0911 e. The lowest BCUT2D eigenvalue weighted by molar-refractivity contribution is 0.0566. The molecule has 2 heteroatoms. The molecule has 3 saturated carbocycles. The van der Waals surface area contributed by atoms with Crippen LogP contribution in [0.5, 0.6) is 0 Å². The van der Waals surface area contributed by atoms with Crippen molar-refractivity contribution in [2.24, 2.45) is 29.1 Å². The predicted octanol–water partition coefficient (Wildman–Crippen LogP) is 5.23. The maximum atomic E-state index is 9.98. The summed E-state index contributed by atoms with van der Waals surface area (Å²) in [5.41, 5.74) is 1.73. The maximum absolute atomic E-state index is 9.98.